The Hall–Kier alpha value is -3.70. The number of anilines is 2. The molecule has 0 unspecified atom stereocenters. The van der Waals surface area contributed by atoms with Crippen molar-refractivity contribution in [3.63, 3.8) is 0 Å². The largest absolute Gasteiger partial charge is 0.462 e. The Balaban J connectivity index is 1.63. The Morgan fingerprint density at radius 3 is 1.38 bits per heavy atom. The Labute approximate surface area is 247 Å². The number of halogens is 2. The SMILES string of the molecule is CCOC(=O)c1c(-c2ccccc2Cl)csc1NC(=O)C(=O)Nc1scc(-c2ccccc2Cl)c1C(=O)OCC. The van der Waals surface area contributed by atoms with Crippen molar-refractivity contribution >= 4 is 79.6 Å². The van der Waals surface area contributed by atoms with Gasteiger partial charge in [0.05, 0.1) is 13.2 Å². The molecule has 2 heterocycles. The van der Waals surface area contributed by atoms with Crippen molar-refractivity contribution < 1.29 is 28.7 Å². The standard InChI is InChI=1S/C28H22Cl2N2O6S2/c1-3-37-27(35)21-17(15-9-5-7-11-19(15)29)13-39-25(21)31-23(33)24(34)32-26-22(28(36)38-4-2)18(14-40-26)16-10-6-8-12-20(16)30/h5-14H,3-4H2,1-2H3,(H,31,33)(H,32,34). The fourth-order valence-electron chi connectivity index (χ4n) is 3.79. The van der Waals surface area contributed by atoms with Gasteiger partial charge >= 0.3 is 23.8 Å². The lowest BCUT2D eigenvalue weighted by Crippen LogP contribution is -2.29. The second kappa shape index (κ2) is 13.1. The van der Waals surface area contributed by atoms with E-state index in [1.54, 1.807) is 73.1 Å². The van der Waals surface area contributed by atoms with Crippen molar-refractivity contribution in [2.24, 2.45) is 0 Å². The Kier molecular flexibility index (Phi) is 9.59. The minimum atomic E-state index is -1.05. The maximum atomic E-state index is 13.0. The highest BCUT2D eigenvalue weighted by Gasteiger charge is 2.28. The average molecular weight is 618 g/mol. The van der Waals surface area contributed by atoms with Crippen LogP contribution in [-0.4, -0.2) is 37.0 Å². The smallest absolute Gasteiger partial charge is 0.341 e. The van der Waals surface area contributed by atoms with Gasteiger partial charge in [-0.15, -0.1) is 22.7 Å². The molecule has 4 aromatic rings. The van der Waals surface area contributed by atoms with Crippen LogP contribution in [0.15, 0.2) is 59.3 Å². The van der Waals surface area contributed by atoms with Crippen LogP contribution >= 0.6 is 45.9 Å². The number of ether oxygens (including phenoxy) is 2. The monoisotopic (exact) mass is 616 g/mol. The molecule has 2 aromatic heterocycles. The van der Waals surface area contributed by atoms with Crippen molar-refractivity contribution in [1.82, 2.24) is 0 Å². The molecule has 0 radical (unpaired) electrons. The third-order valence-electron chi connectivity index (χ3n) is 5.53. The zero-order chi connectivity index (χ0) is 28.8. The number of hydrogen-bond acceptors (Lipinski definition) is 8. The molecule has 0 aliphatic rings. The zero-order valence-corrected chi connectivity index (χ0v) is 24.4. The first-order valence-corrected chi connectivity index (χ1v) is 14.5. The van der Waals surface area contributed by atoms with Crippen molar-refractivity contribution in [3.05, 3.63) is 80.5 Å². The fourth-order valence-corrected chi connectivity index (χ4v) is 6.15. The van der Waals surface area contributed by atoms with Gasteiger partial charge in [-0.3, -0.25) is 9.59 Å². The van der Waals surface area contributed by atoms with Crippen LogP contribution in [0.1, 0.15) is 34.6 Å². The van der Waals surface area contributed by atoms with E-state index in [4.69, 9.17) is 32.7 Å². The Morgan fingerprint density at radius 1 is 0.650 bits per heavy atom. The summed E-state index contributed by atoms with van der Waals surface area (Å²) in [6, 6.07) is 13.8. The Morgan fingerprint density at radius 2 is 1.02 bits per heavy atom. The van der Waals surface area contributed by atoms with E-state index < -0.39 is 23.8 Å². The van der Waals surface area contributed by atoms with Crippen LogP contribution in [0.3, 0.4) is 0 Å². The average Bonchev–Trinajstić information content (AvgIpc) is 3.53. The molecule has 2 N–H and O–H groups in total. The van der Waals surface area contributed by atoms with E-state index >= 15 is 0 Å². The summed E-state index contributed by atoms with van der Waals surface area (Å²) in [7, 11) is 0. The summed E-state index contributed by atoms with van der Waals surface area (Å²) in [5, 5.41) is 9.31. The molecular weight excluding hydrogens is 595 g/mol. The van der Waals surface area contributed by atoms with Crippen LogP contribution in [0.25, 0.3) is 22.3 Å². The molecule has 8 nitrogen and oxygen atoms in total. The van der Waals surface area contributed by atoms with Crippen LogP contribution in [0.5, 0.6) is 0 Å². The van der Waals surface area contributed by atoms with Gasteiger partial charge < -0.3 is 20.1 Å². The first-order valence-electron chi connectivity index (χ1n) is 12.0. The van der Waals surface area contributed by atoms with Crippen LogP contribution in [-0.2, 0) is 19.1 Å². The predicted octanol–water partition coefficient (Wildman–Crippen LogP) is 7.38. The molecule has 0 spiro atoms. The van der Waals surface area contributed by atoms with E-state index in [2.05, 4.69) is 10.6 Å². The molecule has 0 aliphatic heterocycles. The van der Waals surface area contributed by atoms with E-state index in [1.165, 1.54) is 0 Å². The first-order chi connectivity index (χ1) is 19.3. The molecule has 12 heteroatoms. The lowest BCUT2D eigenvalue weighted by atomic mass is 10.0. The van der Waals surface area contributed by atoms with Crippen LogP contribution < -0.4 is 10.6 Å². The van der Waals surface area contributed by atoms with Crippen molar-refractivity contribution in [3.8, 4) is 22.3 Å². The maximum Gasteiger partial charge on any atom is 0.341 e. The second-order valence-corrected chi connectivity index (χ2v) is 10.6. The highest BCUT2D eigenvalue weighted by atomic mass is 35.5. The van der Waals surface area contributed by atoms with Crippen molar-refractivity contribution in [2.75, 3.05) is 23.8 Å². The first kappa shape index (κ1) is 29.3. The summed E-state index contributed by atoms with van der Waals surface area (Å²) < 4.78 is 10.4. The summed E-state index contributed by atoms with van der Waals surface area (Å²) in [5.41, 5.74) is 2.20. The van der Waals surface area contributed by atoms with E-state index in [0.717, 1.165) is 22.7 Å². The van der Waals surface area contributed by atoms with Gasteiger partial charge in [0, 0.05) is 43.1 Å². The molecule has 0 fully saturated rings. The van der Waals surface area contributed by atoms with Gasteiger partial charge in [0.15, 0.2) is 0 Å². The molecule has 0 atom stereocenters. The van der Waals surface area contributed by atoms with Gasteiger partial charge in [0.25, 0.3) is 0 Å². The maximum absolute atomic E-state index is 13.0. The summed E-state index contributed by atoms with van der Waals surface area (Å²) >= 11 is 14.8. The van der Waals surface area contributed by atoms with Gasteiger partial charge in [0.2, 0.25) is 0 Å². The number of carbonyl (C=O) groups excluding carboxylic acids is 4. The normalized spacial score (nSPS) is 10.6. The third kappa shape index (κ3) is 6.20. The summed E-state index contributed by atoms with van der Waals surface area (Å²) in [5.74, 6) is -3.47. The summed E-state index contributed by atoms with van der Waals surface area (Å²) in [6.45, 7) is 3.52. The second-order valence-electron chi connectivity index (χ2n) is 8.02. The fraction of sp³-hybridized carbons (Fsp3) is 0.143. The van der Waals surface area contributed by atoms with Gasteiger partial charge in [-0.2, -0.15) is 0 Å². The van der Waals surface area contributed by atoms with Gasteiger partial charge in [0.1, 0.15) is 21.1 Å². The minimum Gasteiger partial charge on any atom is -0.462 e. The molecule has 0 saturated carbocycles. The van der Waals surface area contributed by atoms with Crippen LogP contribution in [0, 0.1) is 0 Å². The molecule has 0 aliphatic carbocycles. The number of hydrogen-bond donors (Lipinski definition) is 2. The highest BCUT2D eigenvalue weighted by molar-refractivity contribution is 7.16. The highest BCUT2D eigenvalue weighted by Crippen LogP contribution is 2.40. The molecule has 40 heavy (non-hydrogen) atoms. The van der Waals surface area contributed by atoms with E-state index in [1.807, 2.05) is 0 Å². The number of thiophene rings is 2. The molecule has 2 aromatic carbocycles. The lowest BCUT2D eigenvalue weighted by Gasteiger charge is -2.11. The van der Waals surface area contributed by atoms with E-state index in [9.17, 15) is 19.2 Å². The van der Waals surface area contributed by atoms with Crippen molar-refractivity contribution in [2.45, 2.75) is 13.8 Å². The molecule has 0 saturated heterocycles. The minimum absolute atomic E-state index is 0.0745. The molecule has 206 valence electrons. The van der Waals surface area contributed by atoms with Gasteiger partial charge in [-0.25, -0.2) is 9.59 Å². The van der Waals surface area contributed by atoms with Gasteiger partial charge in [-0.1, -0.05) is 59.6 Å². The number of amides is 2. The number of rotatable bonds is 8. The van der Waals surface area contributed by atoms with Crippen LogP contribution in [0.4, 0.5) is 10.0 Å². The van der Waals surface area contributed by atoms with E-state index in [0.29, 0.717) is 32.3 Å². The topological polar surface area (TPSA) is 111 Å². The summed E-state index contributed by atoms with van der Waals surface area (Å²) in [6.07, 6.45) is 0. The number of benzene rings is 2. The van der Waals surface area contributed by atoms with E-state index in [-0.39, 0.29) is 34.3 Å². The summed E-state index contributed by atoms with van der Waals surface area (Å²) in [4.78, 5) is 51.6. The predicted molar refractivity (Wildman–Crippen MR) is 159 cm³/mol. The third-order valence-corrected chi connectivity index (χ3v) is 7.98. The van der Waals surface area contributed by atoms with Gasteiger partial charge in [-0.05, 0) is 26.0 Å². The van der Waals surface area contributed by atoms with Crippen molar-refractivity contribution in [1.29, 1.82) is 0 Å². The quantitative estimate of drug-likeness (QED) is 0.158. The Bertz CT molecular complexity index is 1480. The molecule has 4 rings (SSSR count). The molecular formula is C28H22Cl2N2O6S2. The lowest BCUT2D eigenvalue weighted by molar-refractivity contribution is -0.132. The molecule has 0 bridgehead atoms. The molecule has 2 amide bonds. The number of nitrogens with one attached hydrogen (secondary N) is 2. The number of esters is 2. The van der Waals surface area contributed by atoms with Crippen LogP contribution in [0.2, 0.25) is 10.0 Å². The number of carbonyl (C=O) groups is 4. The zero-order valence-electron chi connectivity index (χ0n) is 21.2.